The molecule has 0 spiro atoms. The van der Waals surface area contributed by atoms with Crippen molar-refractivity contribution in [3.05, 3.63) is 35.4 Å². The highest BCUT2D eigenvalue weighted by Crippen LogP contribution is 2.13. The Morgan fingerprint density at radius 3 is 2.53 bits per heavy atom. The minimum Gasteiger partial charge on any atom is -0.314 e. The van der Waals surface area contributed by atoms with Crippen LogP contribution in [0.1, 0.15) is 31.4 Å². The monoisotopic (exact) mass is 232 g/mol. The summed E-state index contributed by atoms with van der Waals surface area (Å²) in [6.45, 7) is 9.04. The van der Waals surface area contributed by atoms with Crippen molar-refractivity contribution < 1.29 is 0 Å². The van der Waals surface area contributed by atoms with Crippen LogP contribution in [0.5, 0.6) is 0 Å². The van der Waals surface area contributed by atoms with Crippen LogP contribution < -0.4 is 5.32 Å². The van der Waals surface area contributed by atoms with Gasteiger partial charge in [-0.25, -0.2) is 0 Å². The quantitative estimate of drug-likeness (QED) is 0.857. The Labute approximate surface area is 105 Å². The molecule has 94 valence electrons. The van der Waals surface area contributed by atoms with Crippen LogP contribution in [0, 0.1) is 0 Å². The number of piperazine rings is 1. The summed E-state index contributed by atoms with van der Waals surface area (Å²) in [5.74, 6) is 0. The zero-order valence-corrected chi connectivity index (χ0v) is 11.1. The maximum Gasteiger partial charge on any atom is 0.0237 e. The molecule has 1 N–H and O–H groups in total. The van der Waals surface area contributed by atoms with E-state index in [4.69, 9.17) is 0 Å². The fraction of sp³-hybridized carbons (Fsp3) is 0.600. The van der Waals surface area contributed by atoms with E-state index in [2.05, 4.69) is 48.3 Å². The fourth-order valence-corrected chi connectivity index (χ4v) is 2.53. The first kappa shape index (κ1) is 12.6. The predicted octanol–water partition coefficient (Wildman–Crippen LogP) is 2.43. The third-order valence-corrected chi connectivity index (χ3v) is 3.76. The molecule has 1 unspecified atom stereocenters. The second-order valence-electron chi connectivity index (χ2n) is 4.91. The van der Waals surface area contributed by atoms with Gasteiger partial charge in [-0.1, -0.05) is 38.1 Å². The lowest BCUT2D eigenvalue weighted by atomic mass is 10.1. The largest absolute Gasteiger partial charge is 0.314 e. The van der Waals surface area contributed by atoms with Crippen LogP contribution in [0.3, 0.4) is 0 Å². The van der Waals surface area contributed by atoms with Gasteiger partial charge in [0.1, 0.15) is 0 Å². The first-order valence-corrected chi connectivity index (χ1v) is 6.86. The van der Waals surface area contributed by atoms with E-state index in [1.54, 1.807) is 0 Å². The SMILES string of the molecule is CCc1ccc(CN2CCNCC2CC)cc1. The number of benzene rings is 1. The van der Waals surface area contributed by atoms with Gasteiger partial charge in [0.05, 0.1) is 0 Å². The maximum absolute atomic E-state index is 3.48. The first-order chi connectivity index (χ1) is 8.33. The number of hydrogen-bond donors (Lipinski definition) is 1. The molecular formula is C15H24N2. The zero-order valence-electron chi connectivity index (χ0n) is 11.1. The lowest BCUT2D eigenvalue weighted by molar-refractivity contribution is 0.149. The van der Waals surface area contributed by atoms with Gasteiger partial charge in [-0.15, -0.1) is 0 Å². The van der Waals surface area contributed by atoms with Crippen molar-refractivity contribution >= 4 is 0 Å². The van der Waals surface area contributed by atoms with Crippen molar-refractivity contribution in [3.8, 4) is 0 Å². The highest BCUT2D eigenvalue weighted by Gasteiger charge is 2.20. The molecule has 1 atom stereocenters. The molecule has 17 heavy (non-hydrogen) atoms. The summed E-state index contributed by atoms with van der Waals surface area (Å²) in [5, 5.41) is 3.48. The molecule has 0 radical (unpaired) electrons. The van der Waals surface area contributed by atoms with E-state index in [1.807, 2.05) is 0 Å². The minimum atomic E-state index is 0.703. The molecule has 2 nitrogen and oxygen atoms in total. The third-order valence-electron chi connectivity index (χ3n) is 3.76. The van der Waals surface area contributed by atoms with E-state index in [-0.39, 0.29) is 0 Å². The third kappa shape index (κ3) is 3.30. The number of aryl methyl sites for hydroxylation is 1. The Balaban J connectivity index is 1.98. The van der Waals surface area contributed by atoms with Gasteiger partial charge in [0, 0.05) is 32.2 Å². The van der Waals surface area contributed by atoms with Crippen LogP contribution in [0.2, 0.25) is 0 Å². The summed E-state index contributed by atoms with van der Waals surface area (Å²) in [4.78, 5) is 2.61. The van der Waals surface area contributed by atoms with Crippen LogP contribution >= 0.6 is 0 Å². The number of hydrogen-bond acceptors (Lipinski definition) is 2. The van der Waals surface area contributed by atoms with E-state index < -0.39 is 0 Å². The van der Waals surface area contributed by atoms with Crippen LogP contribution in [0.4, 0.5) is 0 Å². The van der Waals surface area contributed by atoms with Crippen molar-refractivity contribution in [2.24, 2.45) is 0 Å². The predicted molar refractivity (Wildman–Crippen MR) is 73.2 cm³/mol. The highest BCUT2D eigenvalue weighted by molar-refractivity contribution is 5.22. The van der Waals surface area contributed by atoms with Crippen molar-refractivity contribution in [2.45, 2.75) is 39.3 Å². The van der Waals surface area contributed by atoms with Crippen molar-refractivity contribution in [3.63, 3.8) is 0 Å². The fourth-order valence-electron chi connectivity index (χ4n) is 2.53. The smallest absolute Gasteiger partial charge is 0.0237 e. The molecule has 1 aliphatic heterocycles. The van der Waals surface area contributed by atoms with Crippen LogP contribution in [0.15, 0.2) is 24.3 Å². The Morgan fingerprint density at radius 1 is 1.18 bits per heavy atom. The van der Waals surface area contributed by atoms with E-state index in [0.29, 0.717) is 6.04 Å². The van der Waals surface area contributed by atoms with Gasteiger partial charge < -0.3 is 5.32 Å². The summed E-state index contributed by atoms with van der Waals surface area (Å²) in [5.41, 5.74) is 2.88. The Bertz CT molecular complexity index is 331. The molecule has 1 aromatic rings. The summed E-state index contributed by atoms with van der Waals surface area (Å²) in [6.07, 6.45) is 2.37. The number of nitrogens with one attached hydrogen (secondary N) is 1. The summed E-state index contributed by atoms with van der Waals surface area (Å²) < 4.78 is 0. The van der Waals surface area contributed by atoms with Gasteiger partial charge in [0.25, 0.3) is 0 Å². The van der Waals surface area contributed by atoms with Crippen molar-refractivity contribution in [2.75, 3.05) is 19.6 Å². The lowest BCUT2D eigenvalue weighted by Gasteiger charge is -2.35. The van der Waals surface area contributed by atoms with Gasteiger partial charge in [-0.3, -0.25) is 4.90 Å². The average Bonchev–Trinajstić information content (AvgIpc) is 2.40. The zero-order chi connectivity index (χ0) is 12.1. The van der Waals surface area contributed by atoms with Gasteiger partial charge in [-0.05, 0) is 24.0 Å². The molecule has 2 rings (SSSR count). The standard InChI is InChI=1S/C15H24N2/c1-3-13-5-7-14(8-6-13)12-17-10-9-16-11-15(17)4-2/h5-8,15-16H,3-4,9-12H2,1-2H3. The van der Waals surface area contributed by atoms with Gasteiger partial charge >= 0.3 is 0 Å². The molecule has 2 heteroatoms. The molecule has 0 aliphatic carbocycles. The minimum absolute atomic E-state index is 0.703. The number of rotatable bonds is 4. The van der Waals surface area contributed by atoms with Crippen LogP contribution in [-0.4, -0.2) is 30.6 Å². The van der Waals surface area contributed by atoms with Gasteiger partial charge in [0.2, 0.25) is 0 Å². The molecule has 0 amide bonds. The van der Waals surface area contributed by atoms with Gasteiger partial charge in [0.15, 0.2) is 0 Å². The topological polar surface area (TPSA) is 15.3 Å². The van der Waals surface area contributed by atoms with E-state index in [1.165, 1.54) is 24.1 Å². The van der Waals surface area contributed by atoms with Crippen molar-refractivity contribution in [1.29, 1.82) is 0 Å². The Kier molecular flexibility index (Phi) is 4.57. The molecule has 1 heterocycles. The van der Waals surface area contributed by atoms with E-state index in [9.17, 15) is 0 Å². The first-order valence-electron chi connectivity index (χ1n) is 6.86. The molecular weight excluding hydrogens is 208 g/mol. The van der Waals surface area contributed by atoms with E-state index in [0.717, 1.165) is 26.1 Å². The normalized spacial score (nSPS) is 21.6. The Hall–Kier alpha value is -0.860. The van der Waals surface area contributed by atoms with Crippen LogP contribution in [0.25, 0.3) is 0 Å². The highest BCUT2D eigenvalue weighted by atomic mass is 15.2. The van der Waals surface area contributed by atoms with Gasteiger partial charge in [-0.2, -0.15) is 0 Å². The molecule has 1 aliphatic rings. The molecule has 0 bridgehead atoms. The number of nitrogens with zero attached hydrogens (tertiary/aromatic N) is 1. The molecule has 1 saturated heterocycles. The summed E-state index contributed by atoms with van der Waals surface area (Å²) in [7, 11) is 0. The molecule has 0 aromatic heterocycles. The summed E-state index contributed by atoms with van der Waals surface area (Å²) >= 11 is 0. The second-order valence-corrected chi connectivity index (χ2v) is 4.91. The maximum atomic E-state index is 3.48. The molecule has 1 aromatic carbocycles. The molecule has 1 fully saturated rings. The second kappa shape index (κ2) is 6.18. The van der Waals surface area contributed by atoms with E-state index >= 15 is 0 Å². The van der Waals surface area contributed by atoms with Crippen LogP contribution in [-0.2, 0) is 13.0 Å². The molecule has 0 saturated carbocycles. The lowest BCUT2D eigenvalue weighted by Crippen LogP contribution is -2.50. The van der Waals surface area contributed by atoms with Crippen molar-refractivity contribution in [1.82, 2.24) is 10.2 Å². The summed E-state index contributed by atoms with van der Waals surface area (Å²) in [6, 6.07) is 9.80. The Morgan fingerprint density at radius 2 is 1.88 bits per heavy atom. The average molecular weight is 232 g/mol.